The van der Waals surface area contributed by atoms with Gasteiger partial charge in [-0.25, -0.2) is 4.39 Å². The first-order chi connectivity index (χ1) is 8.49. The predicted octanol–water partition coefficient (Wildman–Crippen LogP) is 4.77. The third-order valence-electron chi connectivity index (χ3n) is 2.55. The minimum Gasteiger partial charge on any atom is -0.397 e. The molecular weight excluding hydrogens is 274 g/mol. The maximum atomic E-state index is 13.2. The molecule has 18 heavy (non-hydrogen) atoms. The lowest BCUT2D eigenvalue weighted by molar-refractivity contribution is 0.629. The standard InChI is InChI=1S/C13H11Cl2FN2/c1-7-3-2-4-11(13(7)15)18-12-5-8(14)9(16)6-10(12)17/h2-6,18H,17H2,1H3. The van der Waals surface area contributed by atoms with E-state index in [1.807, 2.05) is 25.1 Å². The molecular formula is C13H11Cl2FN2. The minimum atomic E-state index is -0.546. The number of nitrogens with one attached hydrogen (secondary N) is 1. The summed E-state index contributed by atoms with van der Waals surface area (Å²) >= 11 is 11.9. The fourth-order valence-corrected chi connectivity index (χ4v) is 1.90. The molecule has 3 N–H and O–H groups in total. The highest BCUT2D eigenvalue weighted by Gasteiger charge is 2.09. The van der Waals surface area contributed by atoms with Crippen molar-refractivity contribution in [3.63, 3.8) is 0 Å². The second-order valence-corrected chi connectivity index (χ2v) is 4.70. The summed E-state index contributed by atoms with van der Waals surface area (Å²) in [6.07, 6.45) is 0. The van der Waals surface area contributed by atoms with Gasteiger partial charge in [0.05, 0.1) is 27.1 Å². The van der Waals surface area contributed by atoms with E-state index in [0.29, 0.717) is 16.4 Å². The number of aryl methyl sites for hydroxylation is 1. The molecule has 0 radical (unpaired) electrons. The van der Waals surface area contributed by atoms with Crippen LogP contribution in [0, 0.1) is 12.7 Å². The largest absolute Gasteiger partial charge is 0.397 e. The monoisotopic (exact) mass is 284 g/mol. The number of rotatable bonds is 2. The van der Waals surface area contributed by atoms with Crippen LogP contribution in [0.25, 0.3) is 0 Å². The Kier molecular flexibility index (Phi) is 3.64. The van der Waals surface area contributed by atoms with E-state index in [9.17, 15) is 4.39 Å². The van der Waals surface area contributed by atoms with Gasteiger partial charge in [0.2, 0.25) is 0 Å². The zero-order valence-corrected chi connectivity index (χ0v) is 11.1. The highest BCUT2D eigenvalue weighted by atomic mass is 35.5. The number of benzene rings is 2. The Morgan fingerprint density at radius 1 is 1.17 bits per heavy atom. The lowest BCUT2D eigenvalue weighted by Gasteiger charge is -2.12. The zero-order valence-electron chi connectivity index (χ0n) is 9.60. The molecule has 0 aliphatic heterocycles. The summed E-state index contributed by atoms with van der Waals surface area (Å²) in [7, 11) is 0. The third kappa shape index (κ3) is 2.52. The molecule has 0 saturated heterocycles. The molecule has 2 aromatic carbocycles. The third-order valence-corrected chi connectivity index (χ3v) is 3.34. The van der Waals surface area contributed by atoms with Gasteiger partial charge in [-0.15, -0.1) is 0 Å². The van der Waals surface area contributed by atoms with E-state index in [-0.39, 0.29) is 10.7 Å². The van der Waals surface area contributed by atoms with Crippen molar-refractivity contribution in [1.29, 1.82) is 0 Å². The van der Waals surface area contributed by atoms with Crippen LogP contribution in [0.1, 0.15) is 5.56 Å². The minimum absolute atomic E-state index is 0.00970. The first kappa shape index (κ1) is 13.0. The molecule has 0 aromatic heterocycles. The molecule has 94 valence electrons. The molecule has 0 saturated carbocycles. The fourth-order valence-electron chi connectivity index (χ4n) is 1.56. The molecule has 2 nitrogen and oxygen atoms in total. The highest BCUT2D eigenvalue weighted by molar-refractivity contribution is 6.34. The quantitative estimate of drug-likeness (QED) is 0.780. The van der Waals surface area contributed by atoms with E-state index < -0.39 is 5.82 Å². The molecule has 2 rings (SSSR count). The molecule has 0 spiro atoms. The maximum absolute atomic E-state index is 13.2. The van der Waals surface area contributed by atoms with Crippen molar-refractivity contribution < 1.29 is 4.39 Å². The number of nitrogens with two attached hydrogens (primary N) is 1. The van der Waals surface area contributed by atoms with E-state index in [0.717, 1.165) is 5.56 Å². The van der Waals surface area contributed by atoms with Crippen LogP contribution in [0.2, 0.25) is 10.0 Å². The van der Waals surface area contributed by atoms with Crippen LogP contribution in [-0.2, 0) is 0 Å². The van der Waals surface area contributed by atoms with Crippen LogP contribution >= 0.6 is 23.2 Å². The zero-order chi connectivity index (χ0) is 13.3. The molecule has 2 aromatic rings. The fraction of sp³-hybridized carbons (Fsp3) is 0.0769. The number of hydrogen-bond donors (Lipinski definition) is 2. The summed E-state index contributed by atoms with van der Waals surface area (Å²) in [6, 6.07) is 8.19. The van der Waals surface area contributed by atoms with Gasteiger partial charge in [-0.2, -0.15) is 0 Å². The van der Waals surface area contributed by atoms with Crippen molar-refractivity contribution in [2.24, 2.45) is 0 Å². The van der Waals surface area contributed by atoms with Gasteiger partial charge in [0, 0.05) is 6.07 Å². The van der Waals surface area contributed by atoms with E-state index in [2.05, 4.69) is 5.32 Å². The van der Waals surface area contributed by atoms with Gasteiger partial charge in [-0.3, -0.25) is 0 Å². The van der Waals surface area contributed by atoms with Gasteiger partial charge in [-0.05, 0) is 24.6 Å². The van der Waals surface area contributed by atoms with Crippen molar-refractivity contribution in [1.82, 2.24) is 0 Å². The van der Waals surface area contributed by atoms with Crippen molar-refractivity contribution >= 4 is 40.3 Å². The van der Waals surface area contributed by atoms with E-state index in [1.54, 1.807) is 0 Å². The number of anilines is 3. The summed E-state index contributed by atoms with van der Waals surface area (Å²) in [5.41, 5.74) is 8.16. The smallest absolute Gasteiger partial charge is 0.143 e. The molecule has 0 heterocycles. The average molecular weight is 285 g/mol. The Bertz CT molecular complexity index is 600. The summed E-state index contributed by atoms with van der Waals surface area (Å²) in [5.74, 6) is -0.546. The normalized spacial score (nSPS) is 10.4. The summed E-state index contributed by atoms with van der Waals surface area (Å²) in [5, 5.41) is 3.65. The van der Waals surface area contributed by atoms with Gasteiger partial charge in [0.15, 0.2) is 0 Å². The van der Waals surface area contributed by atoms with Gasteiger partial charge in [0.25, 0.3) is 0 Å². The first-order valence-corrected chi connectivity index (χ1v) is 6.01. The lowest BCUT2D eigenvalue weighted by atomic mass is 10.2. The van der Waals surface area contributed by atoms with Crippen molar-refractivity contribution in [3.05, 3.63) is 51.8 Å². The topological polar surface area (TPSA) is 38.0 Å². The Balaban J connectivity index is 2.40. The van der Waals surface area contributed by atoms with E-state index >= 15 is 0 Å². The molecule has 0 bridgehead atoms. The Labute approximate surface area is 115 Å². The maximum Gasteiger partial charge on any atom is 0.143 e. The van der Waals surface area contributed by atoms with Crippen LogP contribution in [0.4, 0.5) is 21.5 Å². The van der Waals surface area contributed by atoms with Gasteiger partial charge < -0.3 is 11.1 Å². The Hall–Kier alpha value is -1.45. The predicted molar refractivity (Wildman–Crippen MR) is 75.3 cm³/mol. The van der Waals surface area contributed by atoms with Crippen LogP contribution in [0.3, 0.4) is 0 Å². The summed E-state index contributed by atoms with van der Waals surface area (Å²) in [4.78, 5) is 0. The van der Waals surface area contributed by atoms with Crippen LogP contribution in [0.5, 0.6) is 0 Å². The lowest BCUT2D eigenvalue weighted by Crippen LogP contribution is -1.98. The van der Waals surface area contributed by atoms with Gasteiger partial charge in [0.1, 0.15) is 5.82 Å². The molecule has 0 aliphatic rings. The molecule has 0 unspecified atom stereocenters. The highest BCUT2D eigenvalue weighted by Crippen LogP contribution is 2.32. The summed E-state index contributed by atoms with van der Waals surface area (Å²) in [6.45, 7) is 1.90. The van der Waals surface area contributed by atoms with E-state index in [4.69, 9.17) is 28.9 Å². The van der Waals surface area contributed by atoms with Crippen molar-refractivity contribution in [3.8, 4) is 0 Å². The second kappa shape index (κ2) is 5.04. The van der Waals surface area contributed by atoms with E-state index in [1.165, 1.54) is 12.1 Å². The summed E-state index contributed by atoms with van der Waals surface area (Å²) < 4.78 is 13.2. The average Bonchev–Trinajstić information content (AvgIpc) is 2.32. The first-order valence-electron chi connectivity index (χ1n) is 5.25. The van der Waals surface area contributed by atoms with Gasteiger partial charge >= 0.3 is 0 Å². The van der Waals surface area contributed by atoms with Crippen LogP contribution in [-0.4, -0.2) is 0 Å². The SMILES string of the molecule is Cc1cccc(Nc2cc(Cl)c(F)cc2N)c1Cl. The Morgan fingerprint density at radius 3 is 2.61 bits per heavy atom. The second-order valence-electron chi connectivity index (χ2n) is 3.92. The van der Waals surface area contributed by atoms with Crippen LogP contribution < -0.4 is 11.1 Å². The van der Waals surface area contributed by atoms with Gasteiger partial charge in [-0.1, -0.05) is 35.3 Å². The number of nitrogen functional groups attached to an aromatic ring is 1. The number of halogens is 3. The molecule has 5 heteroatoms. The Morgan fingerprint density at radius 2 is 1.89 bits per heavy atom. The van der Waals surface area contributed by atoms with Crippen molar-refractivity contribution in [2.45, 2.75) is 6.92 Å². The van der Waals surface area contributed by atoms with Crippen LogP contribution in [0.15, 0.2) is 30.3 Å². The molecule has 0 atom stereocenters. The molecule has 0 amide bonds. The molecule has 0 aliphatic carbocycles. The number of hydrogen-bond acceptors (Lipinski definition) is 2. The van der Waals surface area contributed by atoms with Crippen molar-refractivity contribution in [2.75, 3.05) is 11.1 Å². The molecule has 0 fully saturated rings.